The molecule has 2 N–H and O–H groups in total. The SMILES string of the molecule is CCn1cc(S(=O)(=O)NC2CCC(C)C2C)cc1C(=O)O. The number of nitrogens with zero attached hydrogens (tertiary/aromatic N) is 1. The maximum Gasteiger partial charge on any atom is 0.352 e. The molecule has 21 heavy (non-hydrogen) atoms. The van der Waals surface area contributed by atoms with Crippen LogP contribution in [0.4, 0.5) is 0 Å². The molecule has 0 bridgehead atoms. The summed E-state index contributed by atoms with van der Waals surface area (Å²) in [5.41, 5.74) is -0.00860. The Hall–Kier alpha value is -1.34. The lowest BCUT2D eigenvalue weighted by atomic mass is 9.98. The quantitative estimate of drug-likeness (QED) is 0.869. The molecule has 0 amide bonds. The number of carboxylic acid groups (broad SMARTS) is 1. The summed E-state index contributed by atoms with van der Waals surface area (Å²) in [6.45, 7) is 6.35. The van der Waals surface area contributed by atoms with Crippen LogP contribution in [0, 0.1) is 11.8 Å². The Morgan fingerprint density at radius 1 is 1.43 bits per heavy atom. The van der Waals surface area contributed by atoms with Gasteiger partial charge in [0.1, 0.15) is 10.6 Å². The maximum atomic E-state index is 12.4. The van der Waals surface area contributed by atoms with E-state index in [1.807, 2.05) is 6.92 Å². The summed E-state index contributed by atoms with van der Waals surface area (Å²) in [4.78, 5) is 11.1. The predicted octanol–water partition coefficient (Wildman–Crippen LogP) is 1.92. The van der Waals surface area contributed by atoms with Crippen molar-refractivity contribution in [2.45, 2.75) is 51.1 Å². The zero-order valence-electron chi connectivity index (χ0n) is 12.5. The first-order valence-electron chi connectivity index (χ1n) is 7.22. The topological polar surface area (TPSA) is 88.4 Å². The van der Waals surface area contributed by atoms with E-state index in [-0.39, 0.29) is 22.5 Å². The van der Waals surface area contributed by atoms with Crippen LogP contribution in [0.2, 0.25) is 0 Å². The van der Waals surface area contributed by atoms with E-state index in [9.17, 15) is 13.2 Å². The fraction of sp³-hybridized carbons (Fsp3) is 0.643. The summed E-state index contributed by atoms with van der Waals surface area (Å²) in [7, 11) is -3.68. The second-order valence-electron chi connectivity index (χ2n) is 5.79. The number of carboxylic acids is 1. The van der Waals surface area contributed by atoms with Crippen LogP contribution in [-0.4, -0.2) is 30.1 Å². The van der Waals surface area contributed by atoms with Crippen LogP contribution in [0.15, 0.2) is 17.2 Å². The molecule has 3 atom stereocenters. The van der Waals surface area contributed by atoms with Crippen molar-refractivity contribution < 1.29 is 18.3 Å². The number of carbonyl (C=O) groups is 1. The van der Waals surface area contributed by atoms with Crippen LogP contribution < -0.4 is 4.72 Å². The molecule has 3 unspecified atom stereocenters. The fourth-order valence-electron chi connectivity index (χ4n) is 2.87. The summed E-state index contributed by atoms with van der Waals surface area (Å²) in [5.74, 6) is -0.347. The highest BCUT2D eigenvalue weighted by Gasteiger charge is 2.33. The molecule has 1 aliphatic carbocycles. The minimum Gasteiger partial charge on any atom is -0.477 e. The highest BCUT2D eigenvalue weighted by Crippen LogP contribution is 2.32. The van der Waals surface area contributed by atoms with Crippen molar-refractivity contribution in [1.29, 1.82) is 0 Å². The van der Waals surface area contributed by atoms with Gasteiger partial charge in [-0.15, -0.1) is 0 Å². The van der Waals surface area contributed by atoms with E-state index in [1.165, 1.54) is 16.8 Å². The van der Waals surface area contributed by atoms with Crippen LogP contribution in [-0.2, 0) is 16.6 Å². The summed E-state index contributed by atoms with van der Waals surface area (Å²) in [6, 6.07) is 1.14. The molecule has 1 aromatic rings. The van der Waals surface area contributed by atoms with Gasteiger partial charge >= 0.3 is 5.97 Å². The van der Waals surface area contributed by atoms with Crippen LogP contribution in [0.3, 0.4) is 0 Å². The van der Waals surface area contributed by atoms with E-state index in [0.717, 1.165) is 12.8 Å². The van der Waals surface area contributed by atoms with Crippen molar-refractivity contribution in [1.82, 2.24) is 9.29 Å². The van der Waals surface area contributed by atoms with Gasteiger partial charge in [0.15, 0.2) is 0 Å². The lowest BCUT2D eigenvalue weighted by Gasteiger charge is -2.19. The van der Waals surface area contributed by atoms with Gasteiger partial charge in [-0.2, -0.15) is 0 Å². The number of rotatable bonds is 5. The molecule has 2 rings (SSSR count). The smallest absolute Gasteiger partial charge is 0.352 e. The Kier molecular flexibility index (Phi) is 4.43. The fourth-order valence-corrected chi connectivity index (χ4v) is 4.27. The van der Waals surface area contributed by atoms with Crippen LogP contribution in [0.5, 0.6) is 0 Å². The van der Waals surface area contributed by atoms with Crippen molar-refractivity contribution in [3.8, 4) is 0 Å². The largest absolute Gasteiger partial charge is 0.477 e. The number of hydrogen-bond donors (Lipinski definition) is 2. The Morgan fingerprint density at radius 3 is 2.52 bits per heavy atom. The lowest BCUT2D eigenvalue weighted by molar-refractivity contribution is 0.0685. The average Bonchev–Trinajstić information content (AvgIpc) is 2.98. The molecule has 0 spiro atoms. The molecule has 6 nitrogen and oxygen atoms in total. The third-order valence-corrected chi connectivity index (χ3v) is 5.97. The van der Waals surface area contributed by atoms with Gasteiger partial charge in [-0.1, -0.05) is 13.8 Å². The lowest BCUT2D eigenvalue weighted by Crippen LogP contribution is -2.37. The van der Waals surface area contributed by atoms with Gasteiger partial charge < -0.3 is 9.67 Å². The molecule has 1 aliphatic rings. The van der Waals surface area contributed by atoms with E-state index >= 15 is 0 Å². The second-order valence-corrected chi connectivity index (χ2v) is 7.51. The van der Waals surface area contributed by atoms with E-state index in [1.54, 1.807) is 6.92 Å². The predicted molar refractivity (Wildman–Crippen MR) is 78.7 cm³/mol. The molecular formula is C14H22N2O4S. The second kappa shape index (κ2) is 5.81. The molecule has 1 heterocycles. The van der Waals surface area contributed by atoms with E-state index in [2.05, 4.69) is 11.6 Å². The number of hydrogen-bond acceptors (Lipinski definition) is 3. The molecule has 0 radical (unpaired) electrons. The average molecular weight is 314 g/mol. The molecular weight excluding hydrogens is 292 g/mol. The Bertz CT molecular complexity index is 635. The molecule has 0 saturated heterocycles. The van der Waals surface area contributed by atoms with E-state index < -0.39 is 16.0 Å². The molecule has 1 fully saturated rings. The summed E-state index contributed by atoms with van der Waals surface area (Å²) in [5, 5.41) is 9.10. The van der Waals surface area contributed by atoms with Crippen LogP contribution in [0.25, 0.3) is 0 Å². The zero-order valence-corrected chi connectivity index (χ0v) is 13.4. The number of sulfonamides is 1. The molecule has 7 heteroatoms. The first kappa shape index (κ1) is 16.0. The summed E-state index contributed by atoms with van der Waals surface area (Å²) in [6.07, 6.45) is 3.21. The minimum absolute atomic E-state index is 0.00860. The van der Waals surface area contributed by atoms with Gasteiger partial charge in [0.2, 0.25) is 10.0 Å². The minimum atomic E-state index is -3.68. The first-order valence-corrected chi connectivity index (χ1v) is 8.70. The summed E-state index contributed by atoms with van der Waals surface area (Å²) < 4.78 is 29.0. The molecule has 0 aliphatic heterocycles. The zero-order chi connectivity index (χ0) is 15.8. The van der Waals surface area contributed by atoms with Crippen molar-refractivity contribution in [2.75, 3.05) is 0 Å². The third kappa shape index (κ3) is 3.13. The normalized spacial score (nSPS) is 26.1. The Labute approximate surface area is 125 Å². The molecule has 0 aromatic carbocycles. The first-order chi connectivity index (χ1) is 9.76. The number of aromatic carboxylic acids is 1. The number of aryl methyl sites for hydroxylation is 1. The van der Waals surface area contributed by atoms with Crippen LogP contribution in [0.1, 0.15) is 44.1 Å². The van der Waals surface area contributed by atoms with E-state index in [4.69, 9.17) is 5.11 Å². The number of aromatic nitrogens is 1. The Balaban J connectivity index is 2.26. The third-order valence-electron chi connectivity index (χ3n) is 4.51. The summed E-state index contributed by atoms with van der Waals surface area (Å²) >= 11 is 0. The van der Waals surface area contributed by atoms with Crippen molar-refractivity contribution in [2.24, 2.45) is 11.8 Å². The van der Waals surface area contributed by atoms with Crippen LogP contribution >= 0.6 is 0 Å². The highest BCUT2D eigenvalue weighted by atomic mass is 32.2. The van der Waals surface area contributed by atoms with Gasteiger partial charge in [-0.05, 0) is 37.7 Å². The Morgan fingerprint density at radius 2 is 2.10 bits per heavy atom. The highest BCUT2D eigenvalue weighted by molar-refractivity contribution is 7.89. The van der Waals surface area contributed by atoms with Gasteiger partial charge in [0, 0.05) is 18.8 Å². The van der Waals surface area contributed by atoms with E-state index in [0.29, 0.717) is 12.5 Å². The van der Waals surface area contributed by atoms with Crippen molar-refractivity contribution in [3.63, 3.8) is 0 Å². The van der Waals surface area contributed by atoms with Crippen molar-refractivity contribution in [3.05, 3.63) is 18.0 Å². The van der Waals surface area contributed by atoms with Gasteiger partial charge in [-0.25, -0.2) is 17.9 Å². The molecule has 1 aromatic heterocycles. The standard InChI is InChI=1S/C14H22N2O4S/c1-4-16-8-11(7-13(16)14(17)18)21(19,20)15-12-6-5-9(2)10(12)3/h7-10,12,15H,4-6H2,1-3H3,(H,17,18). The van der Waals surface area contributed by atoms with Gasteiger partial charge in [-0.3, -0.25) is 0 Å². The molecule has 1 saturated carbocycles. The van der Waals surface area contributed by atoms with Gasteiger partial charge in [0.05, 0.1) is 0 Å². The maximum absolute atomic E-state index is 12.4. The monoisotopic (exact) mass is 314 g/mol. The van der Waals surface area contributed by atoms with Gasteiger partial charge in [0.25, 0.3) is 0 Å². The molecule has 118 valence electrons. The van der Waals surface area contributed by atoms with Crippen molar-refractivity contribution >= 4 is 16.0 Å². The number of nitrogens with one attached hydrogen (secondary N) is 1.